The summed E-state index contributed by atoms with van der Waals surface area (Å²) in [5, 5.41) is 21.7. The number of halogens is 2. The summed E-state index contributed by atoms with van der Waals surface area (Å²) in [6.07, 6.45) is -3.51. The van der Waals surface area contributed by atoms with Crippen LogP contribution in [-0.2, 0) is 22.9 Å². The minimum Gasteiger partial charge on any atom is -0.387 e. The lowest BCUT2D eigenvalue weighted by atomic mass is 9.99. The van der Waals surface area contributed by atoms with Crippen molar-refractivity contribution in [2.24, 2.45) is 0 Å². The van der Waals surface area contributed by atoms with Crippen LogP contribution in [0.2, 0.25) is 10.0 Å². The molecule has 0 saturated carbocycles. The van der Waals surface area contributed by atoms with Crippen molar-refractivity contribution in [3.05, 3.63) is 66.9 Å². The monoisotopic (exact) mass is 522 g/mol. The minimum absolute atomic E-state index is 0.0698. The van der Waals surface area contributed by atoms with Crippen LogP contribution in [-0.4, -0.2) is 50.8 Å². The SMILES string of the molecule is C[C@]1(COP2(=O)OCC[C@@H](c3ccc(Cl)c(Cl)c3)O2)O[C@@H](n2ccc(=O)[nH]c2=O)[C@H](O)[C@@H]1O. The molecule has 3 N–H and O–H groups in total. The van der Waals surface area contributed by atoms with Crippen molar-refractivity contribution < 1.29 is 33.1 Å². The second kappa shape index (κ2) is 9.26. The highest BCUT2D eigenvalue weighted by atomic mass is 35.5. The molecule has 14 heteroatoms. The van der Waals surface area contributed by atoms with Crippen LogP contribution in [0.25, 0.3) is 0 Å². The third-order valence-corrected chi connectivity index (χ3v) is 7.66. The Labute approximate surface area is 197 Å². The molecular weight excluding hydrogens is 502 g/mol. The van der Waals surface area contributed by atoms with E-state index in [1.165, 1.54) is 6.92 Å². The van der Waals surface area contributed by atoms with E-state index in [1.807, 2.05) is 4.98 Å². The summed E-state index contributed by atoms with van der Waals surface area (Å²) in [7, 11) is -4.08. The van der Waals surface area contributed by atoms with E-state index in [0.29, 0.717) is 22.0 Å². The number of hydrogen-bond acceptors (Lipinski definition) is 9. The zero-order chi connectivity index (χ0) is 24.0. The molecule has 3 heterocycles. The minimum atomic E-state index is -4.08. The Morgan fingerprint density at radius 3 is 2.73 bits per heavy atom. The molecule has 1 aromatic heterocycles. The fourth-order valence-corrected chi connectivity index (χ4v) is 5.41. The van der Waals surface area contributed by atoms with Gasteiger partial charge < -0.3 is 14.9 Å². The Morgan fingerprint density at radius 2 is 2.03 bits per heavy atom. The summed E-state index contributed by atoms with van der Waals surface area (Å²) < 4.78 is 36.0. The molecule has 0 bridgehead atoms. The van der Waals surface area contributed by atoms with Crippen LogP contribution >= 0.6 is 31.0 Å². The lowest BCUT2D eigenvalue weighted by Crippen LogP contribution is -2.44. The number of H-pyrrole nitrogens is 1. The molecule has 2 aromatic rings. The standard InChI is InChI=1S/C19H21Cl2N2O9P/c1-19(16(26)15(25)17(31-19)23-6-4-14(24)22-18(23)27)9-30-33(28)29-7-5-13(32-33)10-2-3-11(20)12(21)8-10/h2-4,6,8,13,15-17,25-26H,5,7,9H2,1H3,(H,22,24,27)/t13-,15+,16-,17+,19+,33?/m0/s1. The van der Waals surface area contributed by atoms with Crippen molar-refractivity contribution in [3.63, 3.8) is 0 Å². The molecule has 1 unspecified atom stereocenters. The number of aromatic nitrogens is 2. The maximum Gasteiger partial charge on any atom is 0.475 e. The first-order valence-electron chi connectivity index (χ1n) is 9.89. The van der Waals surface area contributed by atoms with Crippen LogP contribution in [0.3, 0.4) is 0 Å². The first-order valence-corrected chi connectivity index (χ1v) is 12.1. The quantitative estimate of drug-likeness (QED) is 0.502. The van der Waals surface area contributed by atoms with Gasteiger partial charge in [-0.3, -0.25) is 27.9 Å². The van der Waals surface area contributed by atoms with Gasteiger partial charge in [-0.25, -0.2) is 9.36 Å². The summed E-state index contributed by atoms with van der Waals surface area (Å²) in [5.74, 6) is 0. The van der Waals surface area contributed by atoms with E-state index in [9.17, 15) is 24.4 Å². The van der Waals surface area contributed by atoms with Crippen LogP contribution in [0.1, 0.15) is 31.2 Å². The first-order chi connectivity index (χ1) is 15.5. The number of phosphoric ester groups is 1. The number of aliphatic hydroxyl groups excluding tert-OH is 2. The van der Waals surface area contributed by atoms with Crippen molar-refractivity contribution in [1.29, 1.82) is 0 Å². The van der Waals surface area contributed by atoms with Gasteiger partial charge in [-0.15, -0.1) is 0 Å². The average Bonchev–Trinajstić information content (AvgIpc) is 2.99. The second-order valence-electron chi connectivity index (χ2n) is 7.88. The molecule has 1 aromatic carbocycles. The number of nitrogens with one attached hydrogen (secondary N) is 1. The van der Waals surface area contributed by atoms with E-state index in [0.717, 1.165) is 16.8 Å². The fraction of sp³-hybridized carbons (Fsp3) is 0.474. The van der Waals surface area contributed by atoms with Crippen LogP contribution in [0, 0.1) is 0 Å². The number of phosphoric acid groups is 1. The van der Waals surface area contributed by atoms with Gasteiger partial charge in [-0.1, -0.05) is 29.3 Å². The van der Waals surface area contributed by atoms with Gasteiger partial charge in [-0.05, 0) is 24.6 Å². The number of benzene rings is 1. The van der Waals surface area contributed by atoms with Crippen molar-refractivity contribution in [1.82, 2.24) is 9.55 Å². The molecule has 4 rings (SSSR count). The van der Waals surface area contributed by atoms with E-state index in [4.69, 9.17) is 41.5 Å². The lowest BCUT2D eigenvalue weighted by molar-refractivity contribution is -0.120. The smallest absolute Gasteiger partial charge is 0.387 e. The molecule has 2 saturated heterocycles. The van der Waals surface area contributed by atoms with Crippen molar-refractivity contribution in [2.45, 2.75) is 43.5 Å². The first kappa shape index (κ1) is 24.6. The predicted molar refractivity (Wildman–Crippen MR) is 116 cm³/mol. The number of hydrogen-bond donors (Lipinski definition) is 3. The molecule has 2 aliphatic rings. The molecule has 0 spiro atoms. The fourth-order valence-electron chi connectivity index (χ4n) is 3.63. The van der Waals surface area contributed by atoms with Gasteiger partial charge in [0, 0.05) is 18.7 Å². The zero-order valence-electron chi connectivity index (χ0n) is 17.2. The zero-order valence-corrected chi connectivity index (χ0v) is 19.6. The molecule has 6 atom stereocenters. The highest BCUT2D eigenvalue weighted by molar-refractivity contribution is 7.48. The molecule has 0 radical (unpaired) electrons. The Balaban J connectivity index is 1.48. The molecule has 180 valence electrons. The van der Waals surface area contributed by atoms with Crippen LogP contribution in [0.15, 0.2) is 40.1 Å². The molecule has 0 aliphatic carbocycles. The van der Waals surface area contributed by atoms with Gasteiger partial charge in [0.15, 0.2) is 6.23 Å². The van der Waals surface area contributed by atoms with E-state index in [2.05, 4.69) is 0 Å². The molecule has 33 heavy (non-hydrogen) atoms. The Hall–Kier alpha value is -1.53. The third-order valence-electron chi connectivity index (χ3n) is 5.47. The maximum absolute atomic E-state index is 13.1. The molecule has 2 aliphatic heterocycles. The van der Waals surface area contributed by atoms with E-state index in [1.54, 1.807) is 18.2 Å². The summed E-state index contributed by atoms with van der Waals surface area (Å²) in [6, 6.07) is 5.94. The molecule has 2 fully saturated rings. The topological polar surface area (TPSA) is 149 Å². The third kappa shape index (κ3) is 4.97. The largest absolute Gasteiger partial charge is 0.475 e. The summed E-state index contributed by atoms with van der Waals surface area (Å²) in [4.78, 5) is 25.4. The van der Waals surface area contributed by atoms with Gasteiger partial charge in [0.25, 0.3) is 5.56 Å². The highest BCUT2D eigenvalue weighted by Crippen LogP contribution is 2.58. The lowest BCUT2D eigenvalue weighted by Gasteiger charge is -2.32. The van der Waals surface area contributed by atoms with Gasteiger partial charge >= 0.3 is 13.5 Å². The summed E-state index contributed by atoms with van der Waals surface area (Å²) in [6.45, 7) is 0.982. The van der Waals surface area contributed by atoms with E-state index < -0.39 is 55.8 Å². The van der Waals surface area contributed by atoms with Crippen molar-refractivity contribution in [3.8, 4) is 0 Å². The molecule has 11 nitrogen and oxygen atoms in total. The Kier molecular flexibility index (Phi) is 6.90. The Bertz CT molecular complexity index is 1200. The number of aliphatic hydroxyl groups is 2. The average molecular weight is 523 g/mol. The van der Waals surface area contributed by atoms with E-state index >= 15 is 0 Å². The van der Waals surface area contributed by atoms with Gasteiger partial charge in [0.2, 0.25) is 0 Å². The van der Waals surface area contributed by atoms with Crippen molar-refractivity contribution >= 4 is 31.0 Å². The summed E-state index contributed by atoms with van der Waals surface area (Å²) >= 11 is 12.0. The number of aromatic amines is 1. The summed E-state index contributed by atoms with van der Waals surface area (Å²) in [5.41, 5.74) is -2.41. The van der Waals surface area contributed by atoms with Crippen molar-refractivity contribution in [2.75, 3.05) is 13.2 Å². The second-order valence-corrected chi connectivity index (χ2v) is 10.3. The molecule has 0 amide bonds. The van der Waals surface area contributed by atoms with Gasteiger partial charge in [0.1, 0.15) is 17.8 Å². The van der Waals surface area contributed by atoms with Gasteiger partial charge in [0.05, 0.1) is 29.4 Å². The molecular formula is C19H21Cl2N2O9P. The number of ether oxygens (including phenoxy) is 1. The van der Waals surface area contributed by atoms with Crippen LogP contribution in [0.4, 0.5) is 0 Å². The normalized spacial score (nSPS) is 34.5. The van der Waals surface area contributed by atoms with E-state index in [-0.39, 0.29) is 6.61 Å². The Morgan fingerprint density at radius 1 is 1.27 bits per heavy atom. The van der Waals surface area contributed by atoms with Gasteiger partial charge in [-0.2, -0.15) is 0 Å². The van der Waals surface area contributed by atoms with Crippen LogP contribution < -0.4 is 11.2 Å². The highest BCUT2D eigenvalue weighted by Gasteiger charge is 2.54. The number of nitrogens with zero attached hydrogens (tertiary/aromatic N) is 1. The maximum atomic E-state index is 13.1. The van der Waals surface area contributed by atoms with Crippen LogP contribution in [0.5, 0.6) is 0 Å². The predicted octanol–water partition coefficient (Wildman–Crippen LogP) is 2.16. The number of rotatable bonds is 5.